The summed E-state index contributed by atoms with van der Waals surface area (Å²) in [6, 6.07) is 7.34. The van der Waals surface area contributed by atoms with E-state index in [1.807, 2.05) is 29.6 Å². The highest BCUT2D eigenvalue weighted by atomic mass is 32.1. The summed E-state index contributed by atoms with van der Waals surface area (Å²) in [6.07, 6.45) is 4.70. The fraction of sp³-hybridized carbons (Fsp3) is 0.250. The van der Waals surface area contributed by atoms with E-state index in [9.17, 15) is 4.79 Å². The molecule has 0 saturated carbocycles. The largest absolute Gasteiger partial charge is 0.487 e. The van der Waals surface area contributed by atoms with Gasteiger partial charge in [-0.15, -0.1) is 11.3 Å². The molecule has 2 aromatic rings. The molecule has 110 valence electrons. The highest BCUT2D eigenvalue weighted by molar-refractivity contribution is 7.09. The second-order valence-corrected chi connectivity index (χ2v) is 5.42. The Labute approximate surface area is 127 Å². The summed E-state index contributed by atoms with van der Waals surface area (Å²) in [5.74, 6) is -0.325. The van der Waals surface area contributed by atoms with Gasteiger partial charge < -0.3 is 9.84 Å². The third-order valence-corrected chi connectivity index (χ3v) is 3.72. The van der Waals surface area contributed by atoms with E-state index < -0.39 is 5.97 Å². The van der Waals surface area contributed by atoms with Gasteiger partial charge in [-0.3, -0.25) is 0 Å². The van der Waals surface area contributed by atoms with Crippen molar-refractivity contribution in [1.29, 1.82) is 0 Å². The molecule has 0 amide bonds. The number of hydrogen-bond donors (Lipinski definition) is 1. The van der Waals surface area contributed by atoms with Gasteiger partial charge in [0, 0.05) is 17.0 Å². The van der Waals surface area contributed by atoms with Crippen LogP contribution in [-0.2, 0) is 17.8 Å². The van der Waals surface area contributed by atoms with Crippen LogP contribution in [0, 0.1) is 0 Å². The van der Waals surface area contributed by atoms with E-state index in [4.69, 9.17) is 9.84 Å². The second-order valence-electron chi connectivity index (χ2n) is 4.48. The zero-order valence-corrected chi connectivity index (χ0v) is 12.6. The predicted octanol–water partition coefficient (Wildman–Crippen LogP) is 3.77. The van der Waals surface area contributed by atoms with Crippen LogP contribution < -0.4 is 4.74 Å². The third kappa shape index (κ3) is 4.72. The minimum Gasteiger partial charge on any atom is -0.487 e. The van der Waals surface area contributed by atoms with Crippen LogP contribution in [0.5, 0.6) is 5.75 Å². The van der Waals surface area contributed by atoms with Crippen LogP contribution in [-0.4, -0.2) is 16.1 Å². The predicted molar refractivity (Wildman–Crippen MR) is 83.6 cm³/mol. The number of aliphatic carboxylic acids is 1. The van der Waals surface area contributed by atoms with E-state index in [2.05, 4.69) is 11.9 Å². The molecule has 2 rings (SSSR count). The molecule has 0 radical (unpaired) electrons. The zero-order chi connectivity index (χ0) is 15.1. The molecule has 21 heavy (non-hydrogen) atoms. The topological polar surface area (TPSA) is 59.4 Å². The van der Waals surface area contributed by atoms with E-state index in [1.54, 1.807) is 11.3 Å². The maximum atomic E-state index is 10.6. The Morgan fingerprint density at radius 3 is 3.00 bits per heavy atom. The number of nitrogens with zero attached hydrogens (tertiary/aromatic N) is 1. The van der Waals surface area contributed by atoms with Gasteiger partial charge in [-0.1, -0.05) is 25.1 Å². The molecule has 4 nitrogen and oxygen atoms in total. The Balaban J connectivity index is 2.03. The highest BCUT2D eigenvalue weighted by Crippen LogP contribution is 2.21. The third-order valence-electron chi connectivity index (χ3n) is 2.76. The molecule has 0 aliphatic carbocycles. The number of carbonyl (C=O) groups is 1. The van der Waals surface area contributed by atoms with Gasteiger partial charge in [0.15, 0.2) is 0 Å². The van der Waals surface area contributed by atoms with Crippen molar-refractivity contribution in [3.63, 3.8) is 0 Å². The first-order valence-electron chi connectivity index (χ1n) is 6.75. The van der Waals surface area contributed by atoms with E-state index in [-0.39, 0.29) is 0 Å². The zero-order valence-electron chi connectivity index (χ0n) is 11.8. The lowest BCUT2D eigenvalue weighted by Gasteiger charge is -2.07. The SMILES string of the molecule is CCCc1nc(COc2ccccc2C=CC(=O)O)cs1. The Kier molecular flexibility index (Phi) is 5.51. The average Bonchev–Trinajstić information content (AvgIpc) is 2.92. The van der Waals surface area contributed by atoms with Gasteiger partial charge >= 0.3 is 5.97 Å². The first-order valence-corrected chi connectivity index (χ1v) is 7.63. The molecule has 0 spiro atoms. The standard InChI is InChI=1S/C16H17NO3S/c1-2-5-15-17-13(11-21-15)10-20-14-7-4-3-6-12(14)8-9-16(18)19/h3-4,6-9,11H,2,5,10H2,1H3,(H,18,19). The molecule has 0 aliphatic heterocycles. The molecule has 0 saturated heterocycles. The van der Waals surface area contributed by atoms with Crippen LogP contribution in [0.25, 0.3) is 6.08 Å². The summed E-state index contributed by atoms with van der Waals surface area (Å²) < 4.78 is 5.75. The number of rotatable bonds is 7. The lowest BCUT2D eigenvalue weighted by Crippen LogP contribution is -1.98. The molecule has 0 aliphatic rings. The van der Waals surface area contributed by atoms with Crippen molar-refractivity contribution in [3.05, 3.63) is 52.0 Å². The Morgan fingerprint density at radius 1 is 1.43 bits per heavy atom. The van der Waals surface area contributed by atoms with Crippen LogP contribution in [0.3, 0.4) is 0 Å². The summed E-state index contributed by atoms with van der Waals surface area (Å²) >= 11 is 1.64. The fourth-order valence-electron chi connectivity index (χ4n) is 1.81. The van der Waals surface area contributed by atoms with Crippen LogP contribution in [0.4, 0.5) is 0 Å². The lowest BCUT2D eigenvalue weighted by molar-refractivity contribution is -0.131. The lowest BCUT2D eigenvalue weighted by atomic mass is 10.2. The molecule has 0 unspecified atom stereocenters. The molecular weight excluding hydrogens is 286 g/mol. The highest BCUT2D eigenvalue weighted by Gasteiger charge is 2.04. The summed E-state index contributed by atoms with van der Waals surface area (Å²) in [7, 11) is 0. The first-order chi connectivity index (χ1) is 10.2. The van der Waals surface area contributed by atoms with Crippen molar-refractivity contribution < 1.29 is 14.6 Å². The van der Waals surface area contributed by atoms with E-state index in [0.29, 0.717) is 12.4 Å². The van der Waals surface area contributed by atoms with Crippen LogP contribution in [0.15, 0.2) is 35.7 Å². The summed E-state index contributed by atoms with van der Waals surface area (Å²) in [5.41, 5.74) is 1.64. The number of carboxylic acids is 1. The van der Waals surface area contributed by atoms with Gasteiger partial charge in [-0.25, -0.2) is 9.78 Å². The van der Waals surface area contributed by atoms with Crippen molar-refractivity contribution in [2.24, 2.45) is 0 Å². The molecule has 1 aromatic heterocycles. The van der Waals surface area contributed by atoms with Crippen LogP contribution in [0.1, 0.15) is 29.6 Å². The molecule has 1 aromatic carbocycles. The fourth-order valence-corrected chi connectivity index (χ4v) is 2.69. The van der Waals surface area contributed by atoms with Crippen molar-refractivity contribution in [2.75, 3.05) is 0 Å². The Bertz CT molecular complexity index is 634. The van der Waals surface area contributed by atoms with E-state index >= 15 is 0 Å². The van der Waals surface area contributed by atoms with Crippen LogP contribution >= 0.6 is 11.3 Å². The van der Waals surface area contributed by atoms with Gasteiger partial charge in [0.2, 0.25) is 0 Å². The number of aryl methyl sites for hydroxylation is 1. The Hall–Kier alpha value is -2.14. The second kappa shape index (κ2) is 7.59. The molecule has 1 heterocycles. The van der Waals surface area contributed by atoms with Crippen molar-refractivity contribution in [2.45, 2.75) is 26.4 Å². The van der Waals surface area contributed by atoms with Gasteiger partial charge in [0.1, 0.15) is 12.4 Å². The number of hydrogen-bond acceptors (Lipinski definition) is 4. The van der Waals surface area contributed by atoms with Gasteiger partial charge in [0.25, 0.3) is 0 Å². The van der Waals surface area contributed by atoms with Crippen molar-refractivity contribution >= 4 is 23.4 Å². The maximum Gasteiger partial charge on any atom is 0.328 e. The van der Waals surface area contributed by atoms with Crippen molar-refractivity contribution in [3.8, 4) is 5.75 Å². The molecule has 5 heteroatoms. The number of aromatic nitrogens is 1. The average molecular weight is 303 g/mol. The minimum absolute atomic E-state index is 0.387. The monoisotopic (exact) mass is 303 g/mol. The van der Waals surface area contributed by atoms with Crippen molar-refractivity contribution in [1.82, 2.24) is 4.98 Å². The quantitative estimate of drug-likeness (QED) is 0.791. The first kappa shape index (κ1) is 15.3. The van der Waals surface area contributed by atoms with Crippen LogP contribution in [0.2, 0.25) is 0 Å². The molecule has 0 fully saturated rings. The summed E-state index contributed by atoms with van der Waals surface area (Å²) in [5, 5.41) is 11.8. The molecule has 0 atom stereocenters. The molecule has 1 N–H and O–H groups in total. The van der Waals surface area contributed by atoms with E-state index in [0.717, 1.165) is 35.2 Å². The van der Waals surface area contributed by atoms with Gasteiger partial charge in [-0.2, -0.15) is 0 Å². The normalized spacial score (nSPS) is 10.9. The van der Waals surface area contributed by atoms with Gasteiger partial charge in [0.05, 0.1) is 10.7 Å². The number of benzene rings is 1. The number of thiazole rings is 1. The summed E-state index contributed by atoms with van der Waals surface area (Å²) in [6.45, 7) is 2.51. The number of carboxylic acid groups (broad SMARTS) is 1. The number of ether oxygens (including phenoxy) is 1. The van der Waals surface area contributed by atoms with E-state index in [1.165, 1.54) is 6.08 Å². The van der Waals surface area contributed by atoms with Gasteiger partial charge in [-0.05, 0) is 25.0 Å². The molecular formula is C16H17NO3S. The smallest absolute Gasteiger partial charge is 0.328 e. The number of para-hydroxylation sites is 1. The summed E-state index contributed by atoms with van der Waals surface area (Å²) in [4.78, 5) is 15.1. The minimum atomic E-state index is -0.978. The molecule has 0 bridgehead atoms. The Morgan fingerprint density at radius 2 is 2.24 bits per heavy atom. The maximum absolute atomic E-state index is 10.6.